The second kappa shape index (κ2) is 5.53. The Hall–Kier alpha value is -2.41. The van der Waals surface area contributed by atoms with Crippen LogP contribution < -0.4 is 4.74 Å². The van der Waals surface area contributed by atoms with Crippen LogP contribution in [0.4, 0.5) is 0 Å². The van der Waals surface area contributed by atoms with Gasteiger partial charge in [0.25, 0.3) is 5.88 Å². The van der Waals surface area contributed by atoms with Crippen molar-refractivity contribution < 1.29 is 4.74 Å². The summed E-state index contributed by atoms with van der Waals surface area (Å²) in [5.41, 5.74) is 4.62. The summed E-state index contributed by atoms with van der Waals surface area (Å²) >= 11 is 0. The molecule has 0 radical (unpaired) electrons. The van der Waals surface area contributed by atoms with Crippen LogP contribution in [0.2, 0.25) is 0 Å². The van der Waals surface area contributed by atoms with Gasteiger partial charge in [0, 0.05) is 0 Å². The Bertz CT molecular complexity index is 718. The van der Waals surface area contributed by atoms with Crippen molar-refractivity contribution in [2.24, 2.45) is 0 Å². The Balaban J connectivity index is 1.96. The van der Waals surface area contributed by atoms with Crippen LogP contribution in [0, 0.1) is 25.2 Å². The second-order valence-electron chi connectivity index (χ2n) is 5.40. The summed E-state index contributed by atoms with van der Waals surface area (Å²) < 4.78 is 6.04. The fraction of sp³-hybridized carbons (Fsp3) is 0.353. The Kier molecular flexibility index (Phi) is 3.57. The van der Waals surface area contributed by atoms with Crippen LogP contribution in [0.15, 0.2) is 24.3 Å². The molecule has 1 unspecified atom stereocenters. The zero-order chi connectivity index (χ0) is 14.8. The predicted octanol–water partition coefficient (Wildman–Crippen LogP) is 3.42. The molecule has 1 atom stereocenters. The van der Waals surface area contributed by atoms with E-state index in [-0.39, 0.29) is 6.10 Å². The summed E-state index contributed by atoms with van der Waals surface area (Å²) in [6.45, 7) is 3.73. The maximum Gasteiger partial charge on any atom is 0.252 e. The molecule has 0 fully saturated rings. The number of benzene rings is 1. The molecule has 4 heteroatoms. The summed E-state index contributed by atoms with van der Waals surface area (Å²) in [4.78, 5) is 0. The normalized spacial score (nSPS) is 16.9. The number of aromatic nitrogens is 2. The number of fused-ring (bicyclic) bond motifs is 1. The smallest absolute Gasteiger partial charge is 0.252 e. The molecule has 0 saturated heterocycles. The summed E-state index contributed by atoms with van der Waals surface area (Å²) in [5.74, 6) is 0.349. The lowest BCUT2D eigenvalue weighted by molar-refractivity contribution is 0.173. The lowest BCUT2D eigenvalue weighted by Crippen LogP contribution is -2.17. The Labute approximate surface area is 124 Å². The number of hydrogen-bond donors (Lipinski definition) is 0. The minimum Gasteiger partial charge on any atom is -0.467 e. The molecule has 1 heterocycles. The average Bonchev–Trinajstić information content (AvgIpc) is 2.52. The van der Waals surface area contributed by atoms with Crippen LogP contribution in [-0.2, 0) is 6.42 Å². The average molecular weight is 279 g/mol. The van der Waals surface area contributed by atoms with Gasteiger partial charge in [-0.1, -0.05) is 24.3 Å². The summed E-state index contributed by atoms with van der Waals surface area (Å²) in [6, 6.07) is 10.5. The maximum absolute atomic E-state index is 9.35. The highest BCUT2D eigenvalue weighted by atomic mass is 16.5. The van der Waals surface area contributed by atoms with Gasteiger partial charge >= 0.3 is 0 Å². The molecule has 4 nitrogen and oxygen atoms in total. The van der Waals surface area contributed by atoms with Crippen LogP contribution >= 0.6 is 0 Å². The molecule has 0 aliphatic heterocycles. The van der Waals surface area contributed by atoms with E-state index in [4.69, 9.17) is 4.74 Å². The zero-order valence-corrected chi connectivity index (χ0v) is 12.3. The molecule has 1 aliphatic carbocycles. The van der Waals surface area contributed by atoms with Crippen molar-refractivity contribution in [3.63, 3.8) is 0 Å². The van der Waals surface area contributed by atoms with Gasteiger partial charge in [-0.2, -0.15) is 10.4 Å². The van der Waals surface area contributed by atoms with Gasteiger partial charge < -0.3 is 4.74 Å². The number of ether oxygens (including phenoxy) is 1. The second-order valence-corrected chi connectivity index (χ2v) is 5.40. The molecule has 0 saturated carbocycles. The van der Waals surface area contributed by atoms with Gasteiger partial charge in [0.15, 0.2) is 0 Å². The SMILES string of the molecule is Cc1nnc(OC2CCCc3ccccc32)c(C#N)c1C. The molecule has 0 N–H and O–H groups in total. The number of nitriles is 1. The lowest BCUT2D eigenvalue weighted by atomic mass is 9.89. The van der Waals surface area contributed by atoms with Gasteiger partial charge in [-0.15, -0.1) is 5.10 Å². The summed E-state index contributed by atoms with van der Waals surface area (Å²) in [6.07, 6.45) is 3.07. The third-order valence-corrected chi connectivity index (χ3v) is 4.10. The first-order valence-corrected chi connectivity index (χ1v) is 7.19. The molecule has 2 aromatic rings. The first kappa shape index (κ1) is 13.6. The number of rotatable bonds is 2. The van der Waals surface area contributed by atoms with Crippen LogP contribution in [0.1, 0.15) is 46.9 Å². The standard InChI is InChI=1S/C17H17N3O/c1-11-12(2)19-20-17(15(11)10-18)21-16-9-5-7-13-6-3-4-8-14(13)16/h3-4,6,8,16H,5,7,9H2,1-2H3. The van der Waals surface area contributed by atoms with E-state index in [0.29, 0.717) is 11.4 Å². The van der Waals surface area contributed by atoms with Gasteiger partial charge in [0.2, 0.25) is 0 Å². The van der Waals surface area contributed by atoms with Crippen molar-refractivity contribution in [1.82, 2.24) is 10.2 Å². The van der Waals surface area contributed by atoms with Gasteiger partial charge in [-0.3, -0.25) is 0 Å². The minimum absolute atomic E-state index is 0.0431. The molecular weight excluding hydrogens is 262 g/mol. The van der Waals surface area contributed by atoms with Gasteiger partial charge in [-0.25, -0.2) is 0 Å². The molecule has 0 amide bonds. The number of hydrogen-bond acceptors (Lipinski definition) is 4. The highest BCUT2D eigenvalue weighted by molar-refractivity contribution is 5.45. The number of nitrogens with zero attached hydrogens (tertiary/aromatic N) is 3. The van der Waals surface area contributed by atoms with Crippen molar-refractivity contribution in [2.75, 3.05) is 0 Å². The van der Waals surface area contributed by atoms with Crippen molar-refractivity contribution in [1.29, 1.82) is 5.26 Å². The quantitative estimate of drug-likeness (QED) is 0.845. The van der Waals surface area contributed by atoms with Gasteiger partial charge in [0.1, 0.15) is 17.7 Å². The Morgan fingerprint density at radius 1 is 1.24 bits per heavy atom. The zero-order valence-electron chi connectivity index (χ0n) is 12.3. The van der Waals surface area contributed by atoms with E-state index in [9.17, 15) is 5.26 Å². The third kappa shape index (κ3) is 2.47. The van der Waals surface area contributed by atoms with Crippen molar-refractivity contribution in [2.45, 2.75) is 39.2 Å². The molecule has 21 heavy (non-hydrogen) atoms. The Morgan fingerprint density at radius 2 is 2.05 bits per heavy atom. The minimum atomic E-state index is -0.0431. The van der Waals surface area contributed by atoms with E-state index in [1.165, 1.54) is 11.1 Å². The van der Waals surface area contributed by atoms with E-state index < -0.39 is 0 Å². The first-order valence-electron chi connectivity index (χ1n) is 7.19. The van der Waals surface area contributed by atoms with Crippen molar-refractivity contribution in [3.05, 3.63) is 52.2 Å². The lowest BCUT2D eigenvalue weighted by Gasteiger charge is -2.26. The molecule has 1 aromatic carbocycles. The van der Waals surface area contributed by atoms with E-state index in [2.05, 4.69) is 34.5 Å². The van der Waals surface area contributed by atoms with E-state index in [1.54, 1.807) is 0 Å². The molecule has 1 aromatic heterocycles. The monoisotopic (exact) mass is 279 g/mol. The van der Waals surface area contributed by atoms with Crippen LogP contribution in [0.3, 0.4) is 0 Å². The third-order valence-electron chi connectivity index (χ3n) is 4.10. The van der Waals surface area contributed by atoms with E-state index >= 15 is 0 Å². The summed E-state index contributed by atoms with van der Waals surface area (Å²) in [5, 5.41) is 17.5. The van der Waals surface area contributed by atoms with Crippen molar-refractivity contribution >= 4 is 0 Å². The topological polar surface area (TPSA) is 58.8 Å². The molecule has 0 spiro atoms. The number of aryl methyl sites for hydroxylation is 2. The highest BCUT2D eigenvalue weighted by Crippen LogP contribution is 2.34. The molecule has 3 rings (SSSR count). The maximum atomic E-state index is 9.35. The van der Waals surface area contributed by atoms with Crippen LogP contribution in [0.5, 0.6) is 5.88 Å². The molecule has 0 bridgehead atoms. The molecule has 1 aliphatic rings. The largest absolute Gasteiger partial charge is 0.467 e. The fourth-order valence-corrected chi connectivity index (χ4v) is 2.77. The van der Waals surface area contributed by atoms with Crippen molar-refractivity contribution in [3.8, 4) is 11.9 Å². The summed E-state index contributed by atoms with van der Waals surface area (Å²) in [7, 11) is 0. The van der Waals surface area contributed by atoms with Gasteiger partial charge in [0.05, 0.1) is 5.69 Å². The van der Waals surface area contributed by atoms with Crippen LogP contribution in [-0.4, -0.2) is 10.2 Å². The Morgan fingerprint density at radius 3 is 2.86 bits per heavy atom. The van der Waals surface area contributed by atoms with E-state index in [0.717, 1.165) is 30.5 Å². The fourth-order valence-electron chi connectivity index (χ4n) is 2.77. The first-order chi connectivity index (χ1) is 10.2. The highest BCUT2D eigenvalue weighted by Gasteiger charge is 2.23. The van der Waals surface area contributed by atoms with E-state index in [1.807, 2.05) is 19.9 Å². The predicted molar refractivity (Wildman–Crippen MR) is 79.0 cm³/mol. The molecule has 106 valence electrons. The van der Waals surface area contributed by atoms with Gasteiger partial charge in [-0.05, 0) is 49.8 Å². The van der Waals surface area contributed by atoms with Crippen LogP contribution in [0.25, 0.3) is 0 Å². The molecular formula is C17H17N3O.